The highest BCUT2D eigenvalue weighted by molar-refractivity contribution is 9.10. The molecule has 0 bridgehead atoms. The maximum atomic E-state index is 12.1. The van der Waals surface area contributed by atoms with Crippen LogP contribution < -0.4 is 10.6 Å². The number of benzene rings is 1. The number of rotatable bonds is 2. The van der Waals surface area contributed by atoms with Gasteiger partial charge in [-0.15, -0.1) is 12.4 Å². The van der Waals surface area contributed by atoms with Gasteiger partial charge in [0.2, 0.25) is 0 Å². The van der Waals surface area contributed by atoms with Crippen LogP contribution in [0.4, 0.5) is 0 Å². The van der Waals surface area contributed by atoms with E-state index in [1.54, 1.807) is 0 Å². The number of aryl methyl sites for hydroxylation is 1. The highest BCUT2D eigenvalue weighted by atomic mass is 79.9. The van der Waals surface area contributed by atoms with Crippen molar-refractivity contribution in [2.45, 2.75) is 25.8 Å². The first-order valence-electron chi connectivity index (χ1n) is 5.94. The molecule has 1 atom stereocenters. The van der Waals surface area contributed by atoms with Crippen molar-refractivity contribution >= 4 is 34.2 Å². The third-order valence-corrected chi connectivity index (χ3v) is 3.56. The molecule has 1 heterocycles. The zero-order valence-corrected chi connectivity index (χ0v) is 12.7. The predicted octanol–water partition coefficient (Wildman–Crippen LogP) is 2.66. The summed E-state index contributed by atoms with van der Waals surface area (Å²) < 4.78 is 1.01. The Morgan fingerprint density at radius 3 is 2.89 bits per heavy atom. The van der Waals surface area contributed by atoms with Gasteiger partial charge in [0, 0.05) is 22.6 Å². The van der Waals surface area contributed by atoms with E-state index in [-0.39, 0.29) is 24.4 Å². The molecule has 1 aliphatic rings. The zero-order valence-electron chi connectivity index (χ0n) is 10.3. The van der Waals surface area contributed by atoms with E-state index in [1.807, 2.05) is 25.1 Å². The molecule has 5 heteroatoms. The molecular weight excluding hydrogens is 316 g/mol. The Labute approximate surface area is 122 Å². The smallest absolute Gasteiger partial charge is 0.251 e. The molecule has 1 aliphatic heterocycles. The number of hydrogen-bond donors (Lipinski definition) is 2. The van der Waals surface area contributed by atoms with E-state index in [4.69, 9.17) is 0 Å². The van der Waals surface area contributed by atoms with Crippen LogP contribution in [0.15, 0.2) is 22.7 Å². The van der Waals surface area contributed by atoms with Crippen LogP contribution in [0.25, 0.3) is 0 Å². The summed E-state index contributed by atoms with van der Waals surface area (Å²) in [5.74, 6) is 0.0312. The second-order valence-electron chi connectivity index (χ2n) is 4.48. The van der Waals surface area contributed by atoms with Gasteiger partial charge in [-0.1, -0.05) is 15.9 Å². The molecule has 1 amide bonds. The van der Waals surface area contributed by atoms with Crippen LogP contribution in [0, 0.1) is 6.92 Å². The van der Waals surface area contributed by atoms with E-state index in [1.165, 1.54) is 0 Å². The summed E-state index contributed by atoms with van der Waals surface area (Å²) in [5.41, 5.74) is 1.76. The molecule has 1 fully saturated rings. The third kappa shape index (κ3) is 3.97. The van der Waals surface area contributed by atoms with E-state index in [0.717, 1.165) is 41.5 Å². The van der Waals surface area contributed by atoms with Crippen LogP contribution in [0.5, 0.6) is 0 Å². The minimum atomic E-state index is 0. The monoisotopic (exact) mass is 332 g/mol. The summed E-state index contributed by atoms with van der Waals surface area (Å²) in [5, 5.41) is 6.37. The molecule has 1 saturated heterocycles. The number of piperidine rings is 1. The quantitative estimate of drug-likeness (QED) is 0.873. The van der Waals surface area contributed by atoms with Gasteiger partial charge < -0.3 is 10.6 Å². The number of nitrogens with one attached hydrogen (secondary N) is 2. The average Bonchev–Trinajstić information content (AvgIpc) is 2.30. The number of carbonyl (C=O) groups excluding carboxylic acids is 1. The Morgan fingerprint density at radius 1 is 1.50 bits per heavy atom. The lowest BCUT2D eigenvalue weighted by molar-refractivity contribution is 0.0930. The molecule has 0 radical (unpaired) electrons. The van der Waals surface area contributed by atoms with Crippen molar-refractivity contribution < 1.29 is 4.79 Å². The largest absolute Gasteiger partial charge is 0.348 e. The lowest BCUT2D eigenvalue weighted by atomic mass is 10.1. The topological polar surface area (TPSA) is 41.1 Å². The van der Waals surface area contributed by atoms with Gasteiger partial charge in [-0.2, -0.15) is 0 Å². The summed E-state index contributed by atoms with van der Waals surface area (Å²) in [7, 11) is 0. The standard InChI is InChI=1S/C13H17BrN2O.ClH/c1-9-7-10(14)4-5-12(9)13(17)16-11-3-2-6-15-8-11;/h4-5,7,11,15H,2-3,6,8H2,1H3,(H,16,17);1H/t11-;/m1./s1. The lowest BCUT2D eigenvalue weighted by Gasteiger charge is -2.24. The summed E-state index contributed by atoms with van der Waals surface area (Å²) in [6.07, 6.45) is 2.19. The van der Waals surface area contributed by atoms with E-state index in [9.17, 15) is 4.79 Å². The fraction of sp³-hybridized carbons (Fsp3) is 0.462. The van der Waals surface area contributed by atoms with Crippen LogP contribution in [-0.2, 0) is 0 Å². The fourth-order valence-electron chi connectivity index (χ4n) is 2.12. The number of halogens is 2. The minimum Gasteiger partial charge on any atom is -0.348 e. The molecule has 0 saturated carbocycles. The predicted molar refractivity (Wildman–Crippen MR) is 79.5 cm³/mol. The van der Waals surface area contributed by atoms with Crippen molar-refractivity contribution in [1.29, 1.82) is 0 Å². The summed E-state index contributed by atoms with van der Waals surface area (Å²) in [6, 6.07) is 6.00. The van der Waals surface area contributed by atoms with Crippen molar-refractivity contribution in [2.24, 2.45) is 0 Å². The van der Waals surface area contributed by atoms with Crippen LogP contribution >= 0.6 is 28.3 Å². The first-order chi connectivity index (χ1) is 8.16. The average molecular weight is 334 g/mol. The van der Waals surface area contributed by atoms with Gasteiger partial charge in [0.05, 0.1) is 0 Å². The van der Waals surface area contributed by atoms with Crippen LogP contribution in [0.3, 0.4) is 0 Å². The van der Waals surface area contributed by atoms with Crippen LogP contribution in [0.1, 0.15) is 28.8 Å². The molecule has 0 aliphatic carbocycles. The molecule has 100 valence electrons. The Morgan fingerprint density at radius 2 is 2.28 bits per heavy atom. The maximum Gasteiger partial charge on any atom is 0.251 e. The van der Waals surface area contributed by atoms with E-state index < -0.39 is 0 Å². The first kappa shape index (κ1) is 15.5. The number of hydrogen-bond acceptors (Lipinski definition) is 2. The normalized spacial score (nSPS) is 18.9. The molecular formula is C13H18BrClN2O. The van der Waals surface area contributed by atoms with Gasteiger partial charge in [-0.05, 0) is 50.1 Å². The highest BCUT2D eigenvalue weighted by Crippen LogP contribution is 2.16. The van der Waals surface area contributed by atoms with Gasteiger partial charge in [0.15, 0.2) is 0 Å². The Hall–Kier alpha value is -0.580. The summed E-state index contributed by atoms with van der Waals surface area (Å²) in [4.78, 5) is 12.1. The highest BCUT2D eigenvalue weighted by Gasteiger charge is 2.17. The number of amides is 1. The second kappa shape index (κ2) is 7.12. The molecule has 0 spiro atoms. The van der Waals surface area contributed by atoms with Gasteiger partial charge in [-0.3, -0.25) is 4.79 Å². The second-order valence-corrected chi connectivity index (χ2v) is 5.39. The maximum absolute atomic E-state index is 12.1. The van der Waals surface area contributed by atoms with E-state index in [0.29, 0.717) is 0 Å². The molecule has 1 aromatic carbocycles. The minimum absolute atomic E-state index is 0. The molecule has 18 heavy (non-hydrogen) atoms. The molecule has 0 aromatic heterocycles. The number of carbonyl (C=O) groups is 1. The lowest BCUT2D eigenvalue weighted by Crippen LogP contribution is -2.45. The Bertz CT molecular complexity index is 419. The van der Waals surface area contributed by atoms with Crippen LogP contribution in [0.2, 0.25) is 0 Å². The summed E-state index contributed by atoms with van der Waals surface area (Å²) >= 11 is 3.40. The van der Waals surface area contributed by atoms with E-state index >= 15 is 0 Å². The van der Waals surface area contributed by atoms with Crippen molar-refractivity contribution in [3.8, 4) is 0 Å². The van der Waals surface area contributed by atoms with Gasteiger partial charge in [-0.25, -0.2) is 0 Å². The van der Waals surface area contributed by atoms with Crippen molar-refractivity contribution in [1.82, 2.24) is 10.6 Å². The molecule has 2 N–H and O–H groups in total. The van der Waals surface area contributed by atoms with E-state index in [2.05, 4.69) is 26.6 Å². The zero-order chi connectivity index (χ0) is 12.3. The van der Waals surface area contributed by atoms with Crippen molar-refractivity contribution in [2.75, 3.05) is 13.1 Å². The first-order valence-corrected chi connectivity index (χ1v) is 6.74. The summed E-state index contributed by atoms with van der Waals surface area (Å²) in [6.45, 7) is 3.89. The van der Waals surface area contributed by atoms with Crippen LogP contribution in [-0.4, -0.2) is 25.0 Å². The van der Waals surface area contributed by atoms with Crippen molar-refractivity contribution in [3.05, 3.63) is 33.8 Å². The molecule has 1 aromatic rings. The Kier molecular flexibility index (Phi) is 6.12. The van der Waals surface area contributed by atoms with Gasteiger partial charge in [0.25, 0.3) is 5.91 Å². The Balaban J connectivity index is 0.00000162. The van der Waals surface area contributed by atoms with Crippen molar-refractivity contribution in [3.63, 3.8) is 0 Å². The molecule has 2 rings (SSSR count). The fourth-order valence-corrected chi connectivity index (χ4v) is 2.60. The third-order valence-electron chi connectivity index (χ3n) is 3.07. The van der Waals surface area contributed by atoms with Gasteiger partial charge >= 0.3 is 0 Å². The van der Waals surface area contributed by atoms with Gasteiger partial charge in [0.1, 0.15) is 0 Å². The molecule has 3 nitrogen and oxygen atoms in total. The molecule has 0 unspecified atom stereocenters. The SMILES string of the molecule is Cc1cc(Br)ccc1C(=O)N[C@@H]1CCCNC1.Cl.